The first-order valence-electron chi connectivity index (χ1n) is 40.2. The molecule has 98 heavy (non-hydrogen) atoms. The molecule has 4 unspecified atom stereocenters. The molecule has 0 bridgehead atoms. The van der Waals surface area contributed by atoms with E-state index in [1.54, 1.807) is 25.6 Å². The minimum Gasteiger partial charge on any atom is -0.274 e. The molecule has 2 amide bonds. The van der Waals surface area contributed by atoms with Gasteiger partial charge in [0.05, 0.1) is 37.1 Å². The van der Waals surface area contributed by atoms with Gasteiger partial charge in [0, 0.05) is 50.4 Å². The summed E-state index contributed by atoms with van der Waals surface area (Å²) in [5.74, 6) is 2.60. The van der Waals surface area contributed by atoms with Gasteiger partial charge in [0.15, 0.2) is 10.0 Å². The lowest BCUT2D eigenvalue weighted by molar-refractivity contribution is 0.0651. The molecule has 0 aliphatic carbocycles. The second-order valence-corrected chi connectivity index (χ2v) is 46.3. The van der Waals surface area contributed by atoms with Gasteiger partial charge in [-0.3, -0.25) is 14.5 Å². The van der Waals surface area contributed by atoms with Crippen molar-refractivity contribution in [3.8, 4) is 58.8 Å². The predicted molar refractivity (Wildman–Crippen MR) is 445 cm³/mol. The number of rotatable bonds is 47. The molecule has 0 fully saturated rings. The van der Waals surface area contributed by atoms with Gasteiger partial charge in [-0.2, -0.15) is 0 Å². The number of thiophene rings is 5. The first-order valence-corrected chi connectivity index (χ1v) is 50.8. The molecule has 10 heterocycles. The Morgan fingerprint density at radius 3 is 1.11 bits per heavy atom. The Balaban J connectivity index is 1.13. The molecule has 538 valence electrons. The first-order chi connectivity index (χ1) is 47.7. The van der Waals surface area contributed by atoms with E-state index in [0.29, 0.717) is 41.3 Å². The molecule has 0 saturated heterocycles. The highest BCUT2D eigenvalue weighted by atomic mass is 32.1. The Morgan fingerprint density at radius 1 is 0.367 bits per heavy atom. The van der Waals surface area contributed by atoms with Gasteiger partial charge < -0.3 is 0 Å². The number of nitrogens with zero attached hydrogens (tertiary/aromatic N) is 3. The zero-order valence-electron chi connectivity index (χ0n) is 63.2. The van der Waals surface area contributed by atoms with Crippen LogP contribution in [0.1, 0.15) is 323 Å². The van der Waals surface area contributed by atoms with Gasteiger partial charge in [-0.15, -0.1) is 79.4 Å². The molecule has 0 saturated carbocycles. The third-order valence-electron chi connectivity index (χ3n) is 23.4. The van der Waals surface area contributed by atoms with Crippen LogP contribution in [0.15, 0.2) is 24.3 Å². The Hall–Kier alpha value is -2.67. The number of hydrogen-bond donors (Lipinski definition) is 0. The van der Waals surface area contributed by atoms with Crippen LogP contribution >= 0.6 is 79.4 Å². The largest absolute Gasteiger partial charge is 0.274 e. The second kappa shape index (κ2) is 37.3. The predicted octanol–water partition coefficient (Wildman–Crippen LogP) is 27.3. The van der Waals surface area contributed by atoms with Crippen molar-refractivity contribution >= 4 is 128 Å². The van der Waals surface area contributed by atoms with E-state index in [1.807, 2.05) is 68.0 Å². The second-order valence-electron chi connectivity index (χ2n) is 30.6. The third kappa shape index (κ3) is 17.3. The molecule has 7 aromatic heterocycles. The summed E-state index contributed by atoms with van der Waals surface area (Å²) in [5, 5.41) is 8.89. The van der Waals surface area contributed by atoms with E-state index < -0.39 is 16.1 Å². The maximum atomic E-state index is 15.8. The lowest BCUT2D eigenvalue weighted by atomic mass is 10.0. The van der Waals surface area contributed by atoms with Gasteiger partial charge in [0.1, 0.15) is 16.1 Å². The fourth-order valence-corrected chi connectivity index (χ4v) is 41.7. The minimum atomic E-state index is -2.52. The Bertz CT molecular complexity index is 3620. The summed E-state index contributed by atoms with van der Waals surface area (Å²) in [7, 11) is -4.81. The minimum absolute atomic E-state index is 0.0468. The lowest BCUT2D eigenvalue weighted by Gasteiger charge is -2.35. The summed E-state index contributed by atoms with van der Waals surface area (Å²) in [4.78, 5) is 60.2. The van der Waals surface area contributed by atoms with E-state index in [4.69, 9.17) is 9.97 Å². The standard InChI is InChI=1S/C84H125N3O2S7Si2/c1-14-24-30-32-34-35-36-37-38-39-41-47-64-74(96-82(86-64)81-85-58(12)59(13)91-81)65-50-69-79(92-65)80-71(98(69,55-62(22-9)45-28-18-5)56-63(23-10)46-29-19-6)52-67(94-80)76-73-72(83(88)87(84(73)89)48-42-40-33-31-25-15-2)75(95-76)66-51-70-78(93-66)77-68(49-57(11)90-77)97(70,53-60(20-7)43-26-16-3)54-61(21-8)44-27-17-4/h49-52,60-63H,14-48,53-56H2,1-13H3. The first kappa shape index (κ1) is 77.9. The summed E-state index contributed by atoms with van der Waals surface area (Å²) < 4.78 is 0. The number of fused-ring (bicyclic) bond motifs is 7. The molecule has 4 atom stereocenters. The number of hydrogen-bond acceptors (Lipinski definition) is 11. The van der Waals surface area contributed by atoms with Crippen molar-refractivity contribution in [2.24, 2.45) is 23.7 Å². The highest BCUT2D eigenvalue weighted by Crippen LogP contribution is 2.56. The van der Waals surface area contributed by atoms with E-state index in [2.05, 4.69) is 126 Å². The van der Waals surface area contributed by atoms with Crippen LogP contribution < -0.4 is 20.7 Å². The fourth-order valence-electron chi connectivity index (χ4n) is 17.3. The molecule has 0 radical (unpaired) electrons. The maximum Gasteiger partial charge on any atom is 0.263 e. The molecular formula is C84H125N3O2S7Si2. The van der Waals surface area contributed by atoms with Crippen molar-refractivity contribution in [1.29, 1.82) is 0 Å². The van der Waals surface area contributed by atoms with Gasteiger partial charge in [-0.1, -0.05) is 268 Å². The quantitative estimate of drug-likeness (QED) is 0.0217. The molecular weight excluding hydrogens is 1360 g/mol. The van der Waals surface area contributed by atoms with E-state index in [-0.39, 0.29) is 11.8 Å². The summed E-state index contributed by atoms with van der Waals surface area (Å²) >= 11 is 13.6. The van der Waals surface area contributed by atoms with Crippen molar-refractivity contribution in [2.75, 3.05) is 6.54 Å². The van der Waals surface area contributed by atoms with E-state index in [0.717, 1.165) is 51.1 Å². The summed E-state index contributed by atoms with van der Waals surface area (Å²) in [5.41, 5.74) is 3.82. The fraction of sp³-hybridized carbons (Fsp3) is 0.667. The molecule has 7 aromatic rings. The Labute approximate surface area is 625 Å². The molecule has 5 nitrogen and oxygen atoms in total. The maximum absolute atomic E-state index is 15.8. The van der Waals surface area contributed by atoms with Crippen molar-refractivity contribution in [3.05, 3.63) is 56.5 Å². The van der Waals surface area contributed by atoms with Gasteiger partial charge in [-0.05, 0) is 133 Å². The number of carbonyl (C=O) groups excluding carboxylic acids is 2. The number of imide groups is 1. The van der Waals surface area contributed by atoms with Crippen molar-refractivity contribution in [2.45, 2.75) is 332 Å². The smallest absolute Gasteiger partial charge is 0.263 e. The molecule has 3 aliphatic rings. The summed E-state index contributed by atoms with van der Waals surface area (Å²) in [6, 6.07) is 16.0. The highest BCUT2D eigenvalue weighted by Gasteiger charge is 2.53. The van der Waals surface area contributed by atoms with Crippen LogP contribution in [0.5, 0.6) is 0 Å². The van der Waals surface area contributed by atoms with Crippen LogP contribution in [-0.2, 0) is 6.42 Å². The van der Waals surface area contributed by atoms with Crippen LogP contribution in [0.4, 0.5) is 0 Å². The number of amides is 2. The number of thiazole rings is 2. The van der Waals surface area contributed by atoms with E-state index in [1.165, 1.54) is 271 Å². The summed E-state index contributed by atoms with van der Waals surface area (Å²) in [6.07, 6.45) is 42.5. The summed E-state index contributed by atoms with van der Waals surface area (Å²) in [6.45, 7) is 31.2. The van der Waals surface area contributed by atoms with Gasteiger partial charge in [-0.25, -0.2) is 9.97 Å². The van der Waals surface area contributed by atoms with Crippen molar-refractivity contribution in [1.82, 2.24) is 14.9 Å². The zero-order chi connectivity index (χ0) is 69.5. The normalized spacial score (nSPS) is 17.5. The van der Waals surface area contributed by atoms with E-state index in [9.17, 15) is 0 Å². The Kier molecular flexibility index (Phi) is 29.7. The van der Waals surface area contributed by atoms with Crippen LogP contribution in [0.3, 0.4) is 0 Å². The SMILES string of the molecule is CCCCCCCCCCCCCc1nc(-c2nc(C)c(C)s2)sc1-c1cc2c(s1)-c1sc(-c3sc(-c4cc5c(s4)-c4sc(C)cc4[Si]5(CC(CC)CCCC)CC(CC)CCCC)c4c3C(=O)N(CCCCCCCC)C4=O)cc1[Si]2(CC(CC)CCCC)CC(CC)CCCC. The average molecular weight is 1490 g/mol. The van der Waals surface area contributed by atoms with Crippen LogP contribution in [0.25, 0.3) is 58.8 Å². The molecule has 0 aromatic carbocycles. The lowest BCUT2D eigenvalue weighted by Crippen LogP contribution is -2.56. The van der Waals surface area contributed by atoms with Crippen molar-refractivity contribution in [3.63, 3.8) is 0 Å². The number of unbranched alkanes of at least 4 members (excludes halogenated alkanes) is 19. The molecule has 0 N–H and O–H groups in total. The monoisotopic (exact) mass is 1490 g/mol. The molecule has 3 aliphatic heterocycles. The van der Waals surface area contributed by atoms with Crippen LogP contribution in [-0.4, -0.2) is 49.4 Å². The topological polar surface area (TPSA) is 63.2 Å². The highest BCUT2D eigenvalue weighted by molar-refractivity contribution is 7.35. The van der Waals surface area contributed by atoms with Crippen LogP contribution in [0, 0.1) is 44.4 Å². The Morgan fingerprint density at radius 2 is 0.724 bits per heavy atom. The average Bonchev–Trinajstić information content (AvgIpc) is 1.54. The number of carbonyl (C=O) groups is 2. The van der Waals surface area contributed by atoms with Gasteiger partial charge in [0.25, 0.3) is 11.8 Å². The zero-order valence-corrected chi connectivity index (χ0v) is 70.9. The molecule has 0 spiro atoms. The van der Waals surface area contributed by atoms with Crippen molar-refractivity contribution < 1.29 is 9.59 Å². The van der Waals surface area contributed by atoms with Crippen LogP contribution in [0.2, 0.25) is 24.2 Å². The number of aryl methyl sites for hydroxylation is 4. The molecule has 10 rings (SSSR count). The number of aromatic nitrogens is 2. The van der Waals surface area contributed by atoms with Gasteiger partial charge >= 0.3 is 0 Å². The third-order valence-corrected chi connectivity index (χ3v) is 43.8. The molecule has 14 heteroatoms. The van der Waals surface area contributed by atoms with Gasteiger partial charge in [0.2, 0.25) is 0 Å². The van der Waals surface area contributed by atoms with E-state index >= 15 is 9.59 Å².